The van der Waals surface area contributed by atoms with Crippen LogP contribution in [0.5, 0.6) is 5.88 Å². The van der Waals surface area contributed by atoms with Crippen LogP contribution in [0, 0.1) is 10.1 Å². The number of carboxylic acid groups (broad SMARTS) is 1. The van der Waals surface area contributed by atoms with Gasteiger partial charge in [-0.25, -0.2) is 4.79 Å². The van der Waals surface area contributed by atoms with E-state index in [4.69, 9.17) is 5.11 Å². The Kier molecular flexibility index (Phi) is 2.61. The van der Waals surface area contributed by atoms with Gasteiger partial charge in [-0.2, -0.15) is 0 Å². The number of nitro groups is 1. The Morgan fingerprint density at radius 2 is 2.29 bits per heavy atom. The number of ether oxygens (including phenoxy) is 1. The van der Waals surface area contributed by atoms with Crippen molar-refractivity contribution in [2.24, 2.45) is 0 Å². The second-order valence-corrected chi connectivity index (χ2v) is 2.29. The number of carboxylic acids is 1. The van der Waals surface area contributed by atoms with E-state index >= 15 is 0 Å². The van der Waals surface area contributed by atoms with Crippen LogP contribution in [0.2, 0.25) is 0 Å². The SMILES string of the molecule is COc1nc([N+](=O)[O-])ccc1C(=O)O. The Morgan fingerprint density at radius 3 is 2.71 bits per heavy atom. The lowest BCUT2D eigenvalue weighted by Crippen LogP contribution is -2.04. The van der Waals surface area contributed by atoms with Crippen molar-refractivity contribution in [1.82, 2.24) is 4.98 Å². The minimum atomic E-state index is -1.25. The normalized spacial score (nSPS) is 9.50. The summed E-state index contributed by atoms with van der Waals surface area (Å²) < 4.78 is 4.60. The summed E-state index contributed by atoms with van der Waals surface area (Å²) in [5, 5.41) is 18.9. The molecule has 0 saturated carbocycles. The van der Waals surface area contributed by atoms with E-state index in [2.05, 4.69) is 9.72 Å². The highest BCUT2D eigenvalue weighted by molar-refractivity contribution is 5.90. The quantitative estimate of drug-likeness (QED) is 0.566. The van der Waals surface area contributed by atoms with Gasteiger partial charge in [-0.05, 0) is 11.0 Å². The standard InChI is InChI=1S/C7H6N2O5/c1-14-6-4(7(10)11)2-3-5(8-6)9(12)13/h2-3H,1H3,(H,10,11). The van der Waals surface area contributed by atoms with Gasteiger partial charge in [0.05, 0.1) is 7.11 Å². The minimum absolute atomic E-state index is 0.210. The largest absolute Gasteiger partial charge is 0.477 e. The molecule has 0 aliphatic carbocycles. The lowest BCUT2D eigenvalue weighted by molar-refractivity contribution is -0.389. The third-order valence-electron chi connectivity index (χ3n) is 1.46. The van der Waals surface area contributed by atoms with Crippen molar-refractivity contribution in [1.29, 1.82) is 0 Å². The average Bonchev–Trinajstić information content (AvgIpc) is 2.16. The molecule has 74 valence electrons. The zero-order valence-electron chi connectivity index (χ0n) is 7.13. The maximum Gasteiger partial charge on any atom is 0.367 e. The number of hydrogen-bond acceptors (Lipinski definition) is 5. The van der Waals surface area contributed by atoms with Crippen molar-refractivity contribution in [2.75, 3.05) is 7.11 Å². The molecule has 7 nitrogen and oxygen atoms in total. The summed E-state index contributed by atoms with van der Waals surface area (Å²) in [4.78, 5) is 23.5. The number of pyridine rings is 1. The molecule has 0 radical (unpaired) electrons. The molecule has 0 bridgehead atoms. The molecular weight excluding hydrogens is 192 g/mol. The van der Waals surface area contributed by atoms with Crippen molar-refractivity contribution in [3.05, 3.63) is 27.8 Å². The highest BCUT2D eigenvalue weighted by Crippen LogP contribution is 2.19. The van der Waals surface area contributed by atoms with Crippen molar-refractivity contribution in [2.45, 2.75) is 0 Å². The Bertz CT molecular complexity index is 390. The van der Waals surface area contributed by atoms with Crippen molar-refractivity contribution >= 4 is 11.8 Å². The summed E-state index contributed by atoms with van der Waals surface area (Å²) in [5.41, 5.74) is -0.210. The summed E-state index contributed by atoms with van der Waals surface area (Å²) in [5.74, 6) is -1.97. The second kappa shape index (κ2) is 3.69. The van der Waals surface area contributed by atoms with Gasteiger partial charge in [0.2, 0.25) is 0 Å². The van der Waals surface area contributed by atoms with E-state index in [0.717, 1.165) is 12.1 Å². The van der Waals surface area contributed by atoms with Gasteiger partial charge >= 0.3 is 17.7 Å². The number of rotatable bonds is 3. The van der Waals surface area contributed by atoms with Crippen molar-refractivity contribution in [3.8, 4) is 5.88 Å². The molecule has 0 atom stereocenters. The summed E-state index contributed by atoms with van der Waals surface area (Å²) >= 11 is 0. The molecule has 1 N–H and O–H groups in total. The molecule has 0 saturated heterocycles. The van der Waals surface area contributed by atoms with Gasteiger partial charge in [0.25, 0.3) is 0 Å². The Morgan fingerprint density at radius 1 is 1.64 bits per heavy atom. The first-order valence-corrected chi connectivity index (χ1v) is 3.49. The van der Waals surface area contributed by atoms with Crippen LogP contribution in [0.1, 0.15) is 10.4 Å². The molecule has 0 unspecified atom stereocenters. The molecule has 1 rings (SSSR count). The number of methoxy groups -OCH3 is 1. The van der Waals surface area contributed by atoms with Gasteiger partial charge in [-0.1, -0.05) is 0 Å². The Labute approximate surface area is 78.1 Å². The van der Waals surface area contributed by atoms with Crippen LogP contribution in [0.3, 0.4) is 0 Å². The Balaban J connectivity index is 3.25. The molecule has 1 aromatic heterocycles. The molecule has 0 amide bonds. The van der Waals surface area contributed by atoms with Crippen LogP contribution in [0.15, 0.2) is 12.1 Å². The molecule has 0 aromatic carbocycles. The van der Waals surface area contributed by atoms with Gasteiger partial charge in [0.15, 0.2) is 0 Å². The fraction of sp³-hybridized carbons (Fsp3) is 0.143. The summed E-state index contributed by atoms with van der Waals surface area (Å²) in [6.45, 7) is 0. The summed E-state index contributed by atoms with van der Waals surface area (Å²) in [6.07, 6.45) is 0. The van der Waals surface area contributed by atoms with Gasteiger partial charge in [0, 0.05) is 11.1 Å². The van der Waals surface area contributed by atoms with Crippen LogP contribution >= 0.6 is 0 Å². The molecule has 0 aliphatic heterocycles. The lowest BCUT2D eigenvalue weighted by atomic mass is 10.3. The monoisotopic (exact) mass is 198 g/mol. The third kappa shape index (κ3) is 1.76. The predicted molar refractivity (Wildman–Crippen MR) is 44.4 cm³/mol. The number of aromatic nitrogens is 1. The third-order valence-corrected chi connectivity index (χ3v) is 1.46. The fourth-order valence-corrected chi connectivity index (χ4v) is 0.851. The predicted octanol–water partition coefficient (Wildman–Crippen LogP) is 0.697. The topological polar surface area (TPSA) is 103 Å². The highest BCUT2D eigenvalue weighted by Gasteiger charge is 2.20. The number of aromatic carboxylic acids is 1. The fourth-order valence-electron chi connectivity index (χ4n) is 0.851. The second-order valence-electron chi connectivity index (χ2n) is 2.29. The first-order chi connectivity index (χ1) is 6.56. The molecular formula is C7H6N2O5. The number of hydrogen-bond donors (Lipinski definition) is 1. The van der Waals surface area contributed by atoms with E-state index in [1.54, 1.807) is 0 Å². The lowest BCUT2D eigenvalue weighted by Gasteiger charge is -1.98. The molecule has 0 fully saturated rings. The van der Waals surface area contributed by atoms with Crippen LogP contribution in [-0.2, 0) is 0 Å². The summed E-state index contributed by atoms with van der Waals surface area (Å²) in [6, 6.07) is 2.08. The zero-order chi connectivity index (χ0) is 10.7. The van der Waals surface area contributed by atoms with E-state index in [9.17, 15) is 14.9 Å². The zero-order valence-corrected chi connectivity index (χ0v) is 7.13. The van der Waals surface area contributed by atoms with Gasteiger partial charge in [-0.15, -0.1) is 0 Å². The maximum atomic E-state index is 10.6. The van der Waals surface area contributed by atoms with E-state index in [-0.39, 0.29) is 11.4 Å². The van der Waals surface area contributed by atoms with Crippen molar-refractivity contribution < 1.29 is 19.6 Å². The molecule has 1 aromatic rings. The van der Waals surface area contributed by atoms with Gasteiger partial charge < -0.3 is 20.0 Å². The van der Waals surface area contributed by atoms with Gasteiger partial charge in [0.1, 0.15) is 5.56 Å². The van der Waals surface area contributed by atoms with E-state index in [1.807, 2.05) is 0 Å². The van der Waals surface area contributed by atoms with E-state index in [1.165, 1.54) is 7.11 Å². The van der Waals surface area contributed by atoms with Crippen molar-refractivity contribution in [3.63, 3.8) is 0 Å². The van der Waals surface area contributed by atoms with Gasteiger partial charge in [-0.3, -0.25) is 0 Å². The molecule has 0 aliphatic rings. The number of nitrogens with zero attached hydrogens (tertiary/aromatic N) is 2. The van der Waals surface area contributed by atoms with E-state index in [0.29, 0.717) is 0 Å². The first-order valence-electron chi connectivity index (χ1n) is 3.49. The molecule has 7 heteroatoms. The smallest absolute Gasteiger partial charge is 0.367 e. The maximum absolute atomic E-state index is 10.6. The van der Waals surface area contributed by atoms with Crippen LogP contribution in [0.25, 0.3) is 0 Å². The highest BCUT2D eigenvalue weighted by atomic mass is 16.6. The molecule has 1 heterocycles. The average molecular weight is 198 g/mol. The first kappa shape index (κ1) is 9.90. The summed E-state index contributed by atoms with van der Waals surface area (Å²) in [7, 11) is 1.19. The van der Waals surface area contributed by atoms with Crippen LogP contribution in [0.4, 0.5) is 5.82 Å². The number of carbonyl (C=O) groups is 1. The molecule has 0 spiro atoms. The minimum Gasteiger partial charge on any atom is -0.477 e. The van der Waals surface area contributed by atoms with Crippen LogP contribution in [-0.4, -0.2) is 28.1 Å². The molecule has 14 heavy (non-hydrogen) atoms. The van der Waals surface area contributed by atoms with Crippen LogP contribution < -0.4 is 4.74 Å². The van der Waals surface area contributed by atoms with E-state index < -0.39 is 16.7 Å². The Hall–Kier alpha value is -2.18.